The summed E-state index contributed by atoms with van der Waals surface area (Å²) in [4.78, 5) is 17.1. The predicted octanol–water partition coefficient (Wildman–Crippen LogP) is 2.03. The van der Waals surface area contributed by atoms with Gasteiger partial charge in [-0.2, -0.15) is 0 Å². The second kappa shape index (κ2) is 7.50. The quantitative estimate of drug-likeness (QED) is 0.646. The minimum atomic E-state index is -3.46. The molecule has 0 bridgehead atoms. The lowest BCUT2D eigenvalue weighted by molar-refractivity contribution is 0.296. The van der Waals surface area contributed by atoms with Crippen LogP contribution in [0.25, 0.3) is 10.9 Å². The molecule has 0 atom stereocenters. The highest BCUT2D eigenvalue weighted by molar-refractivity contribution is 7.89. The number of benzene rings is 2. The van der Waals surface area contributed by atoms with Gasteiger partial charge in [0.15, 0.2) is 0 Å². The highest BCUT2D eigenvalue weighted by Gasteiger charge is 2.16. The Morgan fingerprint density at radius 3 is 2.48 bits per heavy atom. The zero-order valence-corrected chi connectivity index (χ0v) is 16.2. The fraction of sp³-hybridized carbons (Fsp3) is 0.263. The Bertz CT molecular complexity index is 1120. The highest BCUT2D eigenvalue weighted by atomic mass is 32.2. The summed E-state index contributed by atoms with van der Waals surface area (Å²) in [5.41, 5.74) is 1.55. The number of hydrogen-bond acceptors (Lipinski definition) is 5. The van der Waals surface area contributed by atoms with Crippen molar-refractivity contribution in [3.05, 3.63) is 64.7 Å². The summed E-state index contributed by atoms with van der Waals surface area (Å²) in [5, 5.41) is 0.579. The number of sulfonamides is 1. The Labute approximate surface area is 157 Å². The summed E-state index contributed by atoms with van der Waals surface area (Å²) < 4.78 is 32.4. The van der Waals surface area contributed by atoms with E-state index < -0.39 is 10.0 Å². The summed E-state index contributed by atoms with van der Waals surface area (Å²) in [6.45, 7) is 2.52. The summed E-state index contributed by atoms with van der Waals surface area (Å²) in [6, 6.07) is 11.7. The lowest BCUT2D eigenvalue weighted by Crippen LogP contribution is -2.23. The first kappa shape index (κ1) is 19.1. The van der Waals surface area contributed by atoms with Gasteiger partial charge in [0.25, 0.3) is 5.56 Å². The maximum atomic E-state index is 12.5. The zero-order chi connectivity index (χ0) is 19.6. The van der Waals surface area contributed by atoms with Crippen molar-refractivity contribution in [1.82, 2.24) is 13.9 Å². The van der Waals surface area contributed by atoms with E-state index in [2.05, 4.69) is 4.98 Å². The number of ether oxygens (including phenoxy) is 1. The van der Waals surface area contributed by atoms with E-state index in [1.165, 1.54) is 37.1 Å². The van der Waals surface area contributed by atoms with Gasteiger partial charge in [0, 0.05) is 14.1 Å². The molecule has 142 valence electrons. The lowest BCUT2D eigenvalue weighted by atomic mass is 10.1. The second-order valence-corrected chi connectivity index (χ2v) is 8.47. The summed E-state index contributed by atoms with van der Waals surface area (Å²) in [7, 11) is -0.498. The van der Waals surface area contributed by atoms with Crippen molar-refractivity contribution in [1.29, 1.82) is 0 Å². The molecule has 2 aromatic carbocycles. The van der Waals surface area contributed by atoms with Crippen LogP contribution in [0.4, 0.5) is 0 Å². The van der Waals surface area contributed by atoms with Gasteiger partial charge in [-0.15, -0.1) is 0 Å². The number of aryl methyl sites for hydroxylation is 1. The van der Waals surface area contributed by atoms with E-state index in [1.807, 2.05) is 19.1 Å². The summed E-state index contributed by atoms with van der Waals surface area (Å²) in [5.74, 6) is 0.533. The molecule has 3 aromatic rings. The number of para-hydroxylation sites is 1. The van der Waals surface area contributed by atoms with Gasteiger partial charge < -0.3 is 4.74 Å². The van der Waals surface area contributed by atoms with Gasteiger partial charge in [-0.25, -0.2) is 17.7 Å². The molecule has 7 nitrogen and oxygen atoms in total. The molecule has 0 radical (unpaired) electrons. The van der Waals surface area contributed by atoms with Crippen LogP contribution < -0.4 is 10.3 Å². The van der Waals surface area contributed by atoms with Gasteiger partial charge in [0.2, 0.25) is 10.0 Å². The van der Waals surface area contributed by atoms with Crippen LogP contribution in [0.3, 0.4) is 0 Å². The van der Waals surface area contributed by atoms with Crippen molar-refractivity contribution in [3.63, 3.8) is 0 Å². The van der Waals surface area contributed by atoms with E-state index in [1.54, 1.807) is 18.2 Å². The number of aromatic nitrogens is 2. The molecule has 27 heavy (non-hydrogen) atoms. The molecule has 1 heterocycles. The first-order valence-electron chi connectivity index (χ1n) is 8.41. The fourth-order valence-electron chi connectivity index (χ4n) is 2.68. The topological polar surface area (TPSA) is 81.5 Å². The molecule has 0 N–H and O–H groups in total. The molecular weight excluding hydrogens is 366 g/mol. The SMILES string of the molecule is Cc1cccc2c(=O)n(CCOc3ccc(S(=O)(=O)N(C)C)cc3)cnc12. The summed E-state index contributed by atoms with van der Waals surface area (Å²) in [6.07, 6.45) is 1.52. The van der Waals surface area contributed by atoms with Crippen LogP contribution in [0.15, 0.2) is 58.5 Å². The minimum absolute atomic E-state index is 0.111. The van der Waals surface area contributed by atoms with Crippen LogP contribution in [0.1, 0.15) is 5.56 Å². The first-order chi connectivity index (χ1) is 12.8. The third-order valence-electron chi connectivity index (χ3n) is 4.26. The predicted molar refractivity (Wildman–Crippen MR) is 104 cm³/mol. The van der Waals surface area contributed by atoms with E-state index in [9.17, 15) is 13.2 Å². The molecule has 1 aromatic heterocycles. The van der Waals surface area contributed by atoms with Crippen LogP contribution >= 0.6 is 0 Å². The van der Waals surface area contributed by atoms with Crippen LogP contribution in [0.2, 0.25) is 0 Å². The molecule has 3 rings (SSSR count). The number of rotatable bonds is 6. The van der Waals surface area contributed by atoms with Gasteiger partial charge >= 0.3 is 0 Å². The normalized spacial score (nSPS) is 11.9. The number of fused-ring (bicyclic) bond motifs is 1. The van der Waals surface area contributed by atoms with E-state index in [0.29, 0.717) is 23.2 Å². The fourth-order valence-corrected chi connectivity index (χ4v) is 3.58. The van der Waals surface area contributed by atoms with Gasteiger partial charge in [0.1, 0.15) is 12.4 Å². The molecule has 0 saturated carbocycles. The lowest BCUT2D eigenvalue weighted by Gasteiger charge is -2.12. The molecule has 0 spiro atoms. The number of hydrogen-bond donors (Lipinski definition) is 0. The van der Waals surface area contributed by atoms with Crippen molar-refractivity contribution in [2.75, 3.05) is 20.7 Å². The average molecular weight is 387 g/mol. The van der Waals surface area contributed by atoms with E-state index >= 15 is 0 Å². The maximum Gasteiger partial charge on any atom is 0.261 e. The van der Waals surface area contributed by atoms with E-state index in [0.717, 1.165) is 9.87 Å². The van der Waals surface area contributed by atoms with Crippen molar-refractivity contribution in [2.24, 2.45) is 0 Å². The van der Waals surface area contributed by atoms with Gasteiger partial charge in [-0.1, -0.05) is 12.1 Å². The van der Waals surface area contributed by atoms with Crippen molar-refractivity contribution in [2.45, 2.75) is 18.4 Å². The van der Waals surface area contributed by atoms with Gasteiger partial charge in [-0.3, -0.25) is 9.36 Å². The Morgan fingerprint density at radius 2 is 1.81 bits per heavy atom. The van der Waals surface area contributed by atoms with Crippen LogP contribution in [-0.2, 0) is 16.6 Å². The molecule has 0 fully saturated rings. The van der Waals surface area contributed by atoms with Crippen LogP contribution in [0.5, 0.6) is 5.75 Å². The van der Waals surface area contributed by atoms with Gasteiger partial charge in [-0.05, 0) is 42.8 Å². The maximum absolute atomic E-state index is 12.5. The third-order valence-corrected chi connectivity index (χ3v) is 6.09. The van der Waals surface area contributed by atoms with Gasteiger partial charge in [0.05, 0.1) is 28.7 Å². The third kappa shape index (κ3) is 3.86. The first-order valence-corrected chi connectivity index (χ1v) is 9.85. The smallest absolute Gasteiger partial charge is 0.261 e. The van der Waals surface area contributed by atoms with Crippen LogP contribution in [0, 0.1) is 6.92 Å². The molecule has 0 aliphatic heterocycles. The molecule has 0 saturated heterocycles. The molecule has 0 aliphatic rings. The molecule has 0 unspecified atom stereocenters. The van der Waals surface area contributed by atoms with Crippen molar-refractivity contribution >= 4 is 20.9 Å². The van der Waals surface area contributed by atoms with E-state index in [-0.39, 0.29) is 17.1 Å². The molecule has 0 aliphatic carbocycles. The van der Waals surface area contributed by atoms with Crippen molar-refractivity contribution < 1.29 is 13.2 Å². The second-order valence-electron chi connectivity index (χ2n) is 6.32. The standard InChI is InChI=1S/C19H21N3O4S/c1-14-5-4-6-17-18(14)20-13-22(19(17)23)11-12-26-15-7-9-16(10-8-15)27(24,25)21(2)3/h4-10,13H,11-12H2,1-3H3. The van der Waals surface area contributed by atoms with Crippen molar-refractivity contribution in [3.8, 4) is 5.75 Å². The Kier molecular flexibility index (Phi) is 5.29. The Hall–Kier alpha value is -2.71. The Morgan fingerprint density at radius 1 is 1.11 bits per heavy atom. The molecular formula is C19H21N3O4S. The monoisotopic (exact) mass is 387 g/mol. The highest BCUT2D eigenvalue weighted by Crippen LogP contribution is 2.18. The minimum Gasteiger partial charge on any atom is -0.492 e. The largest absolute Gasteiger partial charge is 0.492 e. The Balaban J connectivity index is 1.69. The molecule has 8 heteroatoms. The number of nitrogens with zero attached hydrogens (tertiary/aromatic N) is 3. The zero-order valence-electron chi connectivity index (χ0n) is 15.4. The van der Waals surface area contributed by atoms with E-state index in [4.69, 9.17) is 4.74 Å². The van der Waals surface area contributed by atoms with Crippen LogP contribution in [-0.4, -0.2) is 43.0 Å². The average Bonchev–Trinajstić information content (AvgIpc) is 2.64. The molecule has 0 amide bonds. The summed E-state index contributed by atoms with van der Waals surface area (Å²) >= 11 is 0.